The van der Waals surface area contributed by atoms with Crippen molar-refractivity contribution >= 4 is 23.4 Å². The molecule has 0 aliphatic rings. The number of nitrogens with zero attached hydrogens (tertiary/aromatic N) is 1. The SMILES string of the molecule is CCN(CC)c1ccc(CNC(=O)CSCc2ccccc2)cc1. The number of rotatable bonds is 9. The van der Waals surface area contributed by atoms with Gasteiger partial charge in [0.2, 0.25) is 5.91 Å². The van der Waals surface area contributed by atoms with E-state index in [0.717, 1.165) is 24.4 Å². The van der Waals surface area contributed by atoms with Crippen molar-refractivity contribution in [2.45, 2.75) is 26.1 Å². The molecule has 0 bridgehead atoms. The third kappa shape index (κ3) is 5.93. The van der Waals surface area contributed by atoms with Gasteiger partial charge in [0.15, 0.2) is 0 Å². The molecule has 1 N–H and O–H groups in total. The molecule has 0 atom stereocenters. The maximum absolute atomic E-state index is 11.9. The number of anilines is 1. The van der Waals surface area contributed by atoms with Crippen molar-refractivity contribution in [1.82, 2.24) is 5.32 Å². The van der Waals surface area contributed by atoms with Gasteiger partial charge in [0.1, 0.15) is 0 Å². The van der Waals surface area contributed by atoms with E-state index in [0.29, 0.717) is 12.3 Å². The molecule has 4 heteroatoms. The molecule has 0 heterocycles. The molecule has 0 unspecified atom stereocenters. The number of amides is 1. The fourth-order valence-corrected chi connectivity index (χ4v) is 3.32. The first kappa shape index (κ1) is 18.4. The zero-order valence-electron chi connectivity index (χ0n) is 14.5. The van der Waals surface area contributed by atoms with E-state index in [4.69, 9.17) is 0 Å². The molecule has 0 saturated carbocycles. The monoisotopic (exact) mass is 342 g/mol. The lowest BCUT2D eigenvalue weighted by Gasteiger charge is -2.21. The van der Waals surface area contributed by atoms with Gasteiger partial charge in [-0.2, -0.15) is 0 Å². The van der Waals surface area contributed by atoms with E-state index >= 15 is 0 Å². The predicted octanol–water partition coefficient (Wildman–Crippen LogP) is 4.08. The van der Waals surface area contributed by atoms with Crippen LogP contribution in [0.5, 0.6) is 0 Å². The van der Waals surface area contributed by atoms with Crippen LogP contribution in [0.15, 0.2) is 54.6 Å². The van der Waals surface area contributed by atoms with E-state index in [1.165, 1.54) is 11.3 Å². The molecule has 2 rings (SSSR count). The lowest BCUT2D eigenvalue weighted by molar-refractivity contribution is -0.118. The zero-order chi connectivity index (χ0) is 17.2. The molecule has 24 heavy (non-hydrogen) atoms. The van der Waals surface area contributed by atoms with Crippen LogP contribution in [0.25, 0.3) is 0 Å². The Kier molecular flexibility index (Phi) is 7.69. The van der Waals surface area contributed by atoms with Gasteiger partial charge in [0.25, 0.3) is 0 Å². The third-order valence-corrected chi connectivity index (χ3v) is 4.90. The first-order valence-corrected chi connectivity index (χ1v) is 9.60. The smallest absolute Gasteiger partial charge is 0.230 e. The van der Waals surface area contributed by atoms with Crippen LogP contribution in [0, 0.1) is 0 Å². The third-order valence-electron chi connectivity index (χ3n) is 3.90. The van der Waals surface area contributed by atoms with Crippen LogP contribution >= 0.6 is 11.8 Å². The maximum Gasteiger partial charge on any atom is 0.230 e. The molecule has 0 saturated heterocycles. The fraction of sp³-hybridized carbons (Fsp3) is 0.350. The van der Waals surface area contributed by atoms with Crippen molar-refractivity contribution in [3.05, 3.63) is 65.7 Å². The molecule has 3 nitrogen and oxygen atoms in total. The second kappa shape index (κ2) is 10.0. The Morgan fingerprint density at radius 2 is 1.62 bits per heavy atom. The topological polar surface area (TPSA) is 32.3 Å². The molecule has 0 fully saturated rings. The van der Waals surface area contributed by atoms with Crippen LogP contribution in [-0.4, -0.2) is 24.7 Å². The fourth-order valence-electron chi connectivity index (χ4n) is 2.50. The quantitative estimate of drug-likeness (QED) is 0.745. The van der Waals surface area contributed by atoms with Gasteiger partial charge in [0.05, 0.1) is 5.75 Å². The summed E-state index contributed by atoms with van der Waals surface area (Å²) < 4.78 is 0. The van der Waals surface area contributed by atoms with E-state index in [-0.39, 0.29) is 5.91 Å². The molecule has 2 aromatic carbocycles. The highest BCUT2D eigenvalue weighted by Crippen LogP contribution is 2.15. The summed E-state index contributed by atoms with van der Waals surface area (Å²) in [5.41, 5.74) is 3.61. The number of carbonyl (C=O) groups excluding carboxylic acids is 1. The van der Waals surface area contributed by atoms with Crippen molar-refractivity contribution in [1.29, 1.82) is 0 Å². The summed E-state index contributed by atoms with van der Waals surface area (Å²) in [7, 11) is 0. The first-order chi connectivity index (χ1) is 11.7. The molecule has 0 aliphatic heterocycles. The highest BCUT2D eigenvalue weighted by molar-refractivity contribution is 7.99. The second-order valence-electron chi connectivity index (χ2n) is 5.59. The molecule has 0 spiro atoms. The average molecular weight is 343 g/mol. The van der Waals surface area contributed by atoms with Crippen molar-refractivity contribution in [3.8, 4) is 0 Å². The average Bonchev–Trinajstić information content (AvgIpc) is 2.63. The Labute approximate surface area is 149 Å². The summed E-state index contributed by atoms with van der Waals surface area (Å²) in [4.78, 5) is 14.2. The number of thioether (sulfide) groups is 1. The number of nitrogens with one attached hydrogen (secondary N) is 1. The van der Waals surface area contributed by atoms with Gasteiger partial charge in [0, 0.05) is 31.1 Å². The van der Waals surface area contributed by atoms with Crippen molar-refractivity contribution in [3.63, 3.8) is 0 Å². The van der Waals surface area contributed by atoms with Gasteiger partial charge < -0.3 is 10.2 Å². The normalized spacial score (nSPS) is 10.4. The van der Waals surface area contributed by atoms with Crippen LogP contribution in [0.1, 0.15) is 25.0 Å². The largest absolute Gasteiger partial charge is 0.372 e. The van der Waals surface area contributed by atoms with E-state index < -0.39 is 0 Å². The van der Waals surface area contributed by atoms with Crippen LogP contribution in [0.2, 0.25) is 0 Å². The second-order valence-corrected chi connectivity index (χ2v) is 6.58. The van der Waals surface area contributed by atoms with Crippen LogP contribution in [0.4, 0.5) is 5.69 Å². The number of benzene rings is 2. The van der Waals surface area contributed by atoms with Crippen molar-refractivity contribution < 1.29 is 4.79 Å². The maximum atomic E-state index is 11.9. The number of hydrogen-bond donors (Lipinski definition) is 1. The summed E-state index contributed by atoms with van der Waals surface area (Å²) >= 11 is 1.64. The zero-order valence-corrected chi connectivity index (χ0v) is 15.3. The Bertz CT molecular complexity index is 609. The lowest BCUT2D eigenvalue weighted by atomic mass is 10.2. The molecular weight excluding hydrogens is 316 g/mol. The van der Waals surface area contributed by atoms with Gasteiger partial charge in [-0.15, -0.1) is 11.8 Å². The Morgan fingerprint density at radius 1 is 0.958 bits per heavy atom. The van der Waals surface area contributed by atoms with Crippen LogP contribution in [0.3, 0.4) is 0 Å². The summed E-state index contributed by atoms with van der Waals surface area (Å²) in [6.07, 6.45) is 0. The number of hydrogen-bond acceptors (Lipinski definition) is 3. The van der Waals surface area contributed by atoms with Gasteiger partial charge >= 0.3 is 0 Å². The molecule has 0 aliphatic carbocycles. The summed E-state index contributed by atoms with van der Waals surface area (Å²) in [6, 6.07) is 18.7. The Balaban J connectivity index is 1.71. The molecular formula is C20H26N2OS. The van der Waals surface area contributed by atoms with E-state index in [2.05, 4.69) is 60.5 Å². The Morgan fingerprint density at radius 3 is 2.25 bits per heavy atom. The lowest BCUT2D eigenvalue weighted by Crippen LogP contribution is -2.25. The molecule has 1 amide bonds. The van der Waals surface area contributed by atoms with Crippen LogP contribution in [-0.2, 0) is 17.1 Å². The van der Waals surface area contributed by atoms with Crippen molar-refractivity contribution in [2.24, 2.45) is 0 Å². The first-order valence-electron chi connectivity index (χ1n) is 8.45. The van der Waals surface area contributed by atoms with Crippen molar-refractivity contribution in [2.75, 3.05) is 23.7 Å². The van der Waals surface area contributed by atoms with Gasteiger partial charge in [-0.3, -0.25) is 4.79 Å². The predicted molar refractivity (Wildman–Crippen MR) is 104 cm³/mol. The summed E-state index contributed by atoms with van der Waals surface area (Å²) in [6.45, 7) is 6.91. The highest BCUT2D eigenvalue weighted by atomic mass is 32.2. The number of carbonyl (C=O) groups is 1. The minimum Gasteiger partial charge on any atom is -0.372 e. The molecule has 2 aromatic rings. The van der Waals surface area contributed by atoms with E-state index in [1.54, 1.807) is 11.8 Å². The summed E-state index contributed by atoms with van der Waals surface area (Å²) in [5, 5.41) is 2.99. The van der Waals surface area contributed by atoms with E-state index in [9.17, 15) is 4.79 Å². The standard InChI is InChI=1S/C20H26N2OS/c1-3-22(4-2)19-12-10-17(11-13-19)14-21-20(23)16-24-15-18-8-6-5-7-9-18/h5-13H,3-4,14-16H2,1-2H3,(H,21,23). The minimum atomic E-state index is 0.0868. The molecule has 0 radical (unpaired) electrons. The molecule has 0 aromatic heterocycles. The minimum absolute atomic E-state index is 0.0868. The van der Waals surface area contributed by atoms with Gasteiger partial charge in [-0.1, -0.05) is 42.5 Å². The van der Waals surface area contributed by atoms with Gasteiger partial charge in [-0.05, 0) is 37.1 Å². The highest BCUT2D eigenvalue weighted by Gasteiger charge is 2.04. The van der Waals surface area contributed by atoms with Gasteiger partial charge in [-0.25, -0.2) is 0 Å². The van der Waals surface area contributed by atoms with Crippen LogP contribution < -0.4 is 10.2 Å². The van der Waals surface area contributed by atoms with E-state index in [1.807, 2.05) is 18.2 Å². The summed E-state index contributed by atoms with van der Waals surface area (Å²) in [5.74, 6) is 1.45. The molecule has 128 valence electrons. The Hall–Kier alpha value is -1.94.